The number of hydrogen-bond acceptors (Lipinski definition) is 1. The molecule has 50 valence electrons. The summed E-state index contributed by atoms with van der Waals surface area (Å²) in [6.45, 7) is 0. The fourth-order valence-electron chi connectivity index (χ4n) is 0.219. The van der Waals surface area contributed by atoms with Gasteiger partial charge in [0, 0.05) is 5.88 Å². The van der Waals surface area contributed by atoms with Gasteiger partial charge in [-0.3, -0.25) is 4.57 Å². The van der Waals surface area contributed by atoms with Gasteiger partial charge in [0.25, 0.3) is 0 Å². The van der Waals surface area contributed by atoms with Gasteiger partial charge >= 0.3 is 0 Å². The van der Waals surface area contributed by atoms with Crippen molar-refractivity contribution in [3.8, 4) is 0 Å². The molecule has 0 aliphatic rings. The molecule has 0 aliphatic carbocycles. The highest BCUT2D eigenvalue weighted by Gasteiger charge is 2.07. The number of halogens is 2. The largest absolute Gasteiger partial charge is 0.345 e. The van der Waals surface area contributed by atoms with Crippen LogP contribution in [0.2, 0.25) is 0 Å². The Labute approximate surface area is 58.7 Å². The topological polar surface area (TPSA) is 37.3 Å². The highest BCUT2D eigenvalue weighted by atomic mass is 35.5. The van der Waals surface area contributed by atoms with E-state index in [1.807, 2.05) is 0 Å². The van der Waals surface area contributed by atoms with Crippen LogP contribution in [-0.4, -0.2) is 15.9 Å². The minimum absolute atomic E-state index is 0.338. The standard InChI is InChI=1S/C3H7Cl2O2P/c4-2-1-3(5)8(6)7/h3,8H,1-2H2,(H,6,7). The quantitative estimate of drug-likeness (QED) is 0.525. The molecule has 0 aromatic heterocycles. The third-order valence-corrected chi connectivity index (χ3v) is 2.45. The summed E-state index contributed by atoms with van der Waals surface area (Å²) in [4.78, 5) is 8.31. The molecule has 2 nitrogen and oxygen atoms in total. The molecule has 0 fully saturated rings. The maximum Gasteiger partial charge on any atom is 0.206 e. The van der Waals surface area contributed by atoms with Crippen LogP contribution >= 0.6 is 31.2 Å². The molecule has 0 radical (unpaired) electrons. The van der Waals surface area contributed by atoms with Gasteiger partial charge in [-0.15, -0.1) is 23.2 Å². The van der Waals surface area contributed by atoms with Crippen molar-refractivity contribution in [1.29, 1.82) is 0 Å². The maximum absolute atomic E-state index is 10.1. The van der Waals surface area contributed by atoms with Crippen LogP contribution in [0.5, 0.6) is 0 Å². The lowest BCUT2D eigenvalue weighted by Crippen LogP contribution is -1.90. The smallest absolute Gasteiger partial charge is 0.206 e. The van der Waals surface area contributed by atoms with Gasteiger partial charge in [-0.05, 0) is 6.42 Å². The molecule has 0 aromatic rings. The normalized spacial score (nSPS) is 17.9. The second kappa shape index (κ2) is 4.63. The molecule has 2 atom stereocenters. The second-order valence-corrected chi connectivity index (χ2v) is 3.93. The second-order valence-electron chi connectivity index (χ2n) is 1.28. The van der Waals surface area contributed by atoms with E-state index in [1.54, 1.807) is 0 Å². The summed E-state index contributed by atoms with van der Waals surface area (Å²) in [5, 5.41) is -0.641. The molecule has 0 saturated carbocycles. The SMILES string of the molecule is O=[PH](O)C(Cl)CCCl. The molecule has 0 aromatic carbocycles. The minimum atomic E-state index is -2.54. The van der Waals surface area contributed by atoms with E-state index in [0.717, 1.165) is 0 Å². The lowest BCUT2D eigenvalue weighted by molar-refractivity contribution is 0.498. The van der Waals surface area contributed by atoms with E-state index >= 15 is 0 Å². The van der Waals surface area contributed by atoms with Crippen LogP contribution in [0.1, 0.15) is 6.42 Å². The molecule has 0 amide bonds. The van der Waals surface area contributed by atoms with E-state index in [1.165, 1.54) is 0 Å². The van der Waals surface area contributed by atoms with Crippen molar-refractivity contribution in [3.05, 3.63) is 0 Å². The van der Waals surface area contributed by atoms with E-state index in [-0.39, 0.29) is 0 Å². The Balaban J connectivity index is 3.32. The fourth-order valence-corrected chi connectivity index (χ4v) is 1.23. The summed E-state index contributed by atoms with van der Waals surface area (Å²) in [6.07, 6.45) is 0.400. The van der Waals surface area contributed by atoms with Gasteiger partial charge in [-0.1, -0.05) is 0 Å². The zero-order chi connectivity index (χ0) is 6.57. The predicted molar refractivity (Wildman–Crippen MR) is 36.2 cm³/mol. The van der Waals surface area contributed by atoms with E-state index in [4.69, 9.17) is 28.1 Å². The van der Waals surface area contributed by atoms with Gasteiger partial charge in [0.1, 0.15) is 5.12 Å². The molecule has 8 heavy (non-hydrogen) atoms. The average Bonchev–Trinajstić information content (AvgIpc) is 1.67. The van der Waals surface area contributed by atoms with Gasteiger partial charge < -0.3 is 4.89 Å². The van der Waals surface area contributed by atoms with Crippen molar-refractivity contribution in [2.24, 2.45) is 0 Å². The van der Waals surface area contributed by atoms with Gasteiger partial charge in [0.15, 0.2) is 0 Å². The van der Waals surface area contributed by atoms with Crippen LogP contribution in [0, 0.1) is 0 Å². The molecule has 5 heteroatoms. The molecule has 0 bridgehead atoms. The number of hydrogen-bond donors (Lipinski definition) is 1. The Morgan fingerprint density at radius 2 is 2.25 bits per heavy atom. The first-order chi connectivity index (χ1) is 3.68. The van der Waals surface area contributed by atoms with Crippen molar-refractivity contribution in [2.45, 2.75) is 11.5 Å². The molecular weight excluding hydrogens is 170 g/mol. The predicted octanol–water partition coefficient (Wildman–Crippen LogP) is 1.65. The lowest BCUT2D eigenvalue weighted by atomic mass is 10.6. The highest BCUT2D eigenvalue weighted by Crippen LogP contribution is 2.28. The summed E-state index contributed by atoms with van der Waals surface area (Å²) >= 11 is 10.5. The molecular formula is C3H7Cl2O2P. The van der Waals surface area contributed by atoms with E-state index in [9.17, 15) is 4.57 Å². The Morgan fingerprint density at radius 1 is 1.75 bits per heavy atom. The molecule has 0 spiro atoms. The molecule has 0 rings (SSSR count). The fraction of sp³-hybridized carbons (Fsp3) is 1.00. The van der Waals surface area contributed by atoms with Crippen molar-refractivity contribution in [1.82, 2.24) is 0 Å². The van der Waals surface area contributed by atoms with Gasteiger partial charge in [0.2, 0.25) is 8.03 Å². The van der Waals surface area contributed by atoms with Crippen LogP contribution in [0.4, 0.5) is 0 Å². The highest BCUT2D eigenvalue weighted by molar-refractivity contribution is 7.41. The average molecular weight is 177 g/mol. The lowest BCUT2D eigenvalue weighted by Gasteiger charge is -1.98. The molecule has 1 N–H and O–H groups in total. The first-order valence-corrected chi connectivity index (χ1v) is 4.51. The maximum atomic E-state index is 10.1. The van der Waals surface area contributed by atoms with Crippen molar-refractivity contribution in [2.75, 3.05) is 5.88 Å². The molecule has 0 heterocycles. The van der Waals surface area contributed by atoms with Crippen LogP contribution < -0.4 is 0 Å². The molecule has 0 saturated heterocycles. The molecule has 2 unspecified atom stereocenters. The van der Waals surface area contributed by atoms with Crippen LogP contribution in [0.3, 0.4) is 0 Å². The monoisotopic (exact) mass is 176 g/mol. The van der Waals surface area contributed by atoms with E-state index in [0.29, 0.717) is 12.3 Å². The first-order valence-electron chi connectivity index (χ1n) is 2.11. The van der Waals surface area contributed by atoms with E-state index in [2.05, 4.69) is 0 Å². The van der Waals surface area contributed by atoms with Crippen molar-refractivity contribution in [3.63, 3.8) is 0 Å². The summed E-state index contributed by atoms with van der Waals surface area (Å²) in [6, 6.07) is 0. The minimum Gasteiger partial charge on any atom is -0.345 e. The van der Waals surface area contributed by atoms with E-state index < -0.39 is 13.1 Å². The first kappa shape index (κ1) is 8.77. The number of rotatable bonds is 3. The zero-order valence-corrected chi connectivity index (χ0v) is 6.61. The van der Waals surface area contributed by atoms with Gasteiger partial charge in [-0.25, -0.2) is 0 Å². The third-order valence-electron chi connectivity index (χ3n) is 0.631. The Bertz CT molecular complexity index is 87.4. The van der Waals surface area contributed by atoms with Crippen molar-refractivity contribution >= 4 is 31.2 Å². The summed E-state index contributed by atoms with van der Waals surface area (Å²) in [7, 11) is -2.54. The zero-order valence-electron chi connectivity index (χ0n) is 4.10. The van der Waals surface area contributed by atoms with Gasteiger partial charge in [0.05, 0.1) is 0 Å². The molecule has 0 aliphatic heterocycles. The third kappa shape index (κ3) is 3.73. The Morgan fingerprint density at radius 3 is 2.38 bits per heavy atom. The van der Waals surface area contributed by atoms with Gasteiger partial charge in [-0.2, -0.15) is 0 Å². The Kier molecular flexibility index (Phi) is 5.08. The summed E-state index contributed by atoms with van der Waals surface area (Å²) < 4.78 is 10.1. The summed E-state index contributed by atoms with van der Waals surface area (Å²) in [5.41, 5.74) is 0. The van der Waals surface area contributed by atoms with Crippen molar-refractivity contribution < 1.29 is 9.46 Å². The van der Waals surface area contributed by atoms with Crippen LogP contribution in [0.15, 0.2) is 0 Å². The van der Waals surface area contributed by atoms with Crippen LogP contribution in [0.25, 0.3) is 0 Å². The summed E-state index contributed by atoms with van der Waals surface area (Å²) in [5.74, 6) is 0.338. The number of alkyl halides is 2. The Hall–Kier alpha value is 0.770. The van der Waals surface area contributed by atoms with Crippen LogP contribution in [-0.2, 0) is 4.57 Å².